The summed E-state index contributed by atoms with van der Waals surface area (Å²) in [4.78, 5) is 25.9. The zero-order chi connectivity index (χ0) is 15.7. The lowest BCUT2D eigenvalue weighted by atomic mass is 9.74. The standard InChI is InChI=1S/C16H24N2O3/c1-15(2,14(20)21)12-6-5-9-18(10-12)13(19)16(11-17)7-3-4-8-16/h12H,3-10H2,1-2H3,(H,20,21)/t12-/m1/s1. The van der Waals surface area contributed by atoms with Gasteiger partial charge in [0.1, 0.15) is 5.41 Å². The highest BCUT2D eigenvalue weighted by atomic mass is 16.4. The van der Waals surface area contributed by atoms with Gasteiger partial charge in [-0.25, -0.2) is 0 Å². The van der Waals surface area contributed by atoms with Crippen molar-refractivity contribution in [2.45, 2.75) is 52.4 Å². The number of likely N-dealkylation sites (tertiary alicyclic amines) is 1. The number of piperidine rings is 1. The molecule has 1 saturated heterocycles. The summed E-state index contributed by atoms with van der Waals surface area (Å²) in [6, 6.07) is 2.24. The fourth-order valence-electron chi connectivity index (χ4n) is 3.58. The molecule has 0 spiro atoms. The predicted molar refractivity (Wildman–Crippen MR) is 77.2 cm³/mol. The number of hydrogen-bond donors (Lipinski definition) is 1. The van der Waals surface area contributed by atoms with Gasteiger partial charge in [-0.05, 0) is 45.4 Å². The number of carbonyl (C=O) groups is 2. The van der Waals surface area contributed by atoms with Gasteiger partial charge in [-0.15, -0.1) is 0 Å². The van der Waals surface area contributed by atoms with Crippen LogP contribution in [0.2, 0.25) is 0 Å². The van der Waals surface area contributed by atoms with E-state index in [-0.39, 0.29) is 11.8 Å². The van der Waals surface area contributed by atoms with Gasteiger partial charge in [-0.2, -0.15) is 5.26 Å². The highest BCUT2D eigenvalue weighted by molar-refractivity contribution is 5.86. The SMILES string of the molecule is CC(C)(C(=O)O)[C@@H]1CCCN(C(=O)C2(C#N)CCCC2)C1. The number of rotatable bonds is 3. The monoisotopic (exact) mass is 292 g/mol. The van der Waals surface area contributed by atoms with Gasteiger partial charge in [0.05, 0.1) is 11.5 Å². The molecule has 2 fully saturated rings. The maximum absolute atomic E-state index is 12.8. The summed E-state index contributed by atoms with van der Waals surface area (Å²) in [5, 5.41) is 18.8. The van der Waals surface area contributed by atoms with Crippen LogP contribution in [-0.4, -0.2) is 35.0 Å². The topological polar surface area (TPSA) is 81.4 Å². The average Bonchev–Trinajstić information content (AvgIpc) is 2.96. The molecule has 5 nitrogen and oxygen atoms in total. The second-order valence-corrected chi connectivity index (χ2v) is 7.02. The van der Waals surface area contributed by atoms with E-state index in [0.717, 1.165) is 25.7 Å². The van der Waals surface area contributed by atoms with Crippen LogP contribution in [0.25, 0.3) is 0 Å². The fourth-order valence-corrected chi connectivity index (χ4v) is 3.58. The summed E-state index contributed by atoms with van der Waals surface area (Å²) in [5.74, 6) is -0.948. The van der Waals surface area contributed by atoms with Gasteiger partial charge in [0.15, 0.2) is 0 Å². The molecule has 116 valence electrons. The van der Waals surface area contributed by atoms with Crippen LogP contribution in [0.4, 0.5) is 0 Å². The van der Waals surface area contributed by atoms with E-state index >= 15 is 0 Å². The largest absolute Gasteiger partial charge is 0.481 e. The Morgan fingerprint density at radius 1 is 1.29 bits per heavy atom. The van der Waals surface area contributed by atoms with Crippen molar-refractivity contribution in [2.75, 3.05) is 13.1 Å². The van der Waals surface area contributed by atoms with Crippen molar-refractivity contribution in [3.05, 3.63) is 0 Å². The summed E-state index contributed by atoms with van der Waals surface area (Å²) in [5.41, 5.74) is -1.69. The minimum Gasteiger partial charge on any atom is -0.481 e. The summed E-state index contributed by atoms with van der Waals surface area (Å²) in [6.07, 6.45) is 4.78. The molecule has 2 aliphatic rings. The van der Waals surface area contributed by atoms with Crippen molar-refractivity contribution < 1.29 is 14.7 Å². The van der Waals surface area contributed by atoms with Crippen molar-refractivity contribution in [3.63, 3.8) is 0 Å². The fraction of sp³-hybridized carbons (Fsp3) is 0.812. The molecule has 1 heterocycles. The van der Waals surface area contributed by atoms with Crippen molar-refractivity contribution in [3.8, 4) is 6.07 Å². The molecule has 1 amide bonds. The van der Waals surface area contributed by atoms with Crippen LogP contribution in [0, 0.1) is 28.1 Å². The lowest BCUT2D eigenvalue weighted by molar-refractivity contribution is -0.154. The molecule has 0 bridgehead atoms. The third-order valence-corrected chi connectivity index (χ3v) is 5.36. The van der Waals surface area contributed by atoms with E-state index in [2.05, 4.69) is 6.07 Å². The number of aliphatic carboxylic acids is 1. The normalized spacial score (nSPS) is 25.4. The maximum atomic E-state index is 12.8. The van der Waals surface area contributed by atoms with Gasteiger partial charge in [-0.1, -0.05) is 12.8 Å². The molecule has 1 atom stereocenters. The molecule has 0 radical (unpaired) electrons. The first-order valence-corrected chi connectivity index (χ1v) is 7.77. The second kappa shape index (κ2) is 5.67. The number of nitriles is 1. The summed E-state index contributed by atoms with van der Waals surface area (Å²) < 4.78 is 0. The Bertz CT molecular complexity index is 472. The van der Waals surface area contributed by atoms with Gasteiger partial charge in [0.25, 0.3) is 0 Å². The summed E-state index contributed by atoms with van der Waals surface area (Å²) in [6.45, 7) is 4.56. The predicted octanol–water partition coefficient (Wildman–Crippen LogP) is 2.42. The zero-order valence-corrected chi connectivity index (χ0v) is 12.9. The van der Waals surface area contributed by atoms with Crippen molar-refractivity contribution in [1.29, 1.82) is 5.26 Å². The zero-order valence-electron chi connectivity index (χ0n) is 12.9. The Balaban J connectivity index is 2.13. The first-order chi connectivity index (χ1) is 9.83. The van der Waals surface area contributed by atoms with Crippen molar-refractivity contribution in [1.82, 2.24) is 4.90 Å². The Hall–Kier alpha value is -1.57. The van der Waals surface area contributed by atoms with E-state index in [1.54, 1.807) is 18.7 Å². The number of hydrogen-bond acceptors (Lipinski definition) is 3. The molecule has 1 aliphatic carbocycles. The number of carbonyl (C=O) groups excluding carboxylic acids is 1. The van der Waals surface area contributed by atoms with Gasteiger partial charge in [0.2, 0.25) is 5.91 Å². The molecule has 0 aromatic rings. The van der Waals surface area contributed by atoms with E-state index in [4.69, 9.17) is 0 Å². The molecule has 0 unspecified atom stereocenters. The lowest BCUT2D eigenvalue weighted by Gasteiger charge is -2.41. The van der Waals surface area contributed by atoms with E-state index in [1.165, 1.54) is 0 Å². The minimum atomic E-state index is -0.852. The average molecular weight is 292 g/mol. The number of carboxylic acid groups (broad SMARTS) is 1. The Labute approximate surface area is 125 Å². The maximum Gasteiger partial charge on any atom is 0.309 e. The van der Waals surface area contributed by atoms with Crippen LogP contribution in [-0.2, 0) is 9.59 Å². The van der Waals surface area contributed by atoms with E-state index < -0.39 is 16.8 Å². The van der Waals surface area contributed by atoms with Gasteiger partial charge < -0.3 is 10.0 Å². The Morgan fingerprint density at radius 2 is 1.90 bits per heavy atom. The van der Waals surface area contributed by atoms with Crippen LogP contribution >= 0.6 is 0 Å². The molecule has 21 heavy (non-hydrogen) atoms. The third-order valence-electron chi connectivity index (χ3n) is 5.36. The van der Waals surface area contributed by atoms with Crippen molar-refractivity contribution in [2.24, 2.45) is 16.7 Å². The molecular formula is C16H24N2O3. The molecule has 0 aromatic carbocycles. The molecule has 5 heteroatoms. The van der Waals surface area contributed by atoms with E-state index in [9.17, 15) is 20.0 Å². The van der Waals surface area contributed by atoms with Gasteiger partial charge in [0, 0.05) is 13.1 Å². The van der Waals surface area contributed by atoms with Crippen LogP contribution < -0.4 is 0 Å². The number of nitrogens with zero attached hydrogens (tertiary/aromatic N) is 2. The highest BCUT2D eigenvalue weighted by Crippen LogP contribution is 2.41. The molecular weight excluding hydrogens is 268 g/mol. The molecule has 0 aromatic heterocycles. The van der Waals surface area contributed by atoms with Gasteiger partial charge in [-0.3, -0.25) is 9.59 Å². The summed E-state index contributed by atoms with van der Waals surface area (Å²) >= 11 is 0. The molecule has 1 N–H and O–H groups in total. The Morgan fingerprint density at radius 3 is 2.43 bits per heavy atom. The van der Waals surface area contributed by atoms with E-state index in [0.29, 0.717) is 25.9 Å². The number of amides is 1. The van der Waals surface area contributed by atoms with Gasteiger partial charge >= 0.3 is 5.97 Å². The Kier molecular flexibility index (Phi) is 4.27. The minimum absolute atomic E-state index is 0.0511. The highest BCUT2D eigenvalue weighted by Gasteiger charge is 2.47. The van der Waals surface area contributed by atoms with Crippen LogP contribution in [0.3, 0.4) is 0 Å². The molecule has 1 aliphatic heterocycles. The van der Waals surface area contributed by atoms with E-state index in [1.807, 2.05) is 0 Å². The van der Waals surface area contributed by atoms with Crippen LogP contribution in [0.5, 0.6) is 0 Å². The molecule has 1 saturated carbocycles. The van der Waals surface area contributed by atoms with Crippen LogP contribution in [0.15, 0.2) is 0 Å². The second-order valence-electron chi connectivity index (χ2n) is 7.02. The lowest BCUT2D eigenvalue weighted by Crippen LogP contribution is -2.50. The first kappa shape index (κ1) is 15.8. The third kappa shape index (κ3) is 2.76. The summed E-state index contributed by atoms with van der Waals surface area (Å²) in [7, 11) is 0. The number of carboxylic acids is 1. The van der Waals surface area contributed by atoms with Crippen molar-refractivity contribution >= 4 is 11.9 Å². The smallest absolute Gasteiger partial charge is 0.309 e. The van der Waals surface area contributed by atoms with Crippen LogP contribution in [0.1, 0.15) is 52.4 Å². The first-order valence-electron chi connectivity index (χ1n) is 7.77. The molecule has 2 rings (SSSR count). The quantitative estimate of drug-likeness (QED) is 0.866.